The SMILES string of the molecule is CCOC(=O)C1(C)CC(=O)OC(=O)C1. The number of ether oxygens (including phenoxy) is 2. The molecule has 1 saturated heterocycles. The Morgan fingerprint density at radius 3 is 2.36 bits per heavy atom. The molecule has 1 heterocycles. The summed E-state index contributed by atoms with van der Waals surface area (Å²) < 4.78 is 9.11. The molecule has 0 aromatic rings. The van der Waals surface area contributed by atoms with Crippen molar-refractivity contribution in [1.29, 1.82) is 0 Å². The van der Waals surface area contributed by atoms with Gasteiger partial charge in [0.25, 0.3) is 0 Å². The van der Waals surface area contributed by atoms with Crippen LogP contribution < -0.4 is 0 Å². The standard InChI is InChI=1S/C9H12O5/c1-3-13-8(12)9(2)4-6(10)14-7(11)5-9/h3-5H2,1-2H3. The Balaban J connectivity index is 2.77. The minimum atomic E-state index is -1.05. The molecule has 5 nitrogen and oxygen atoms in total. The summed E-state index contributed by atoms with van der Waals surface area (Å²) in [5.74, 6) is -1.86. The molecule has 0 unspecified atom stereocenters. The predicted molar refractivity (Wildman–Crippen MR) is 45.1 cm³/mol. The fourth-order valence-corrected chi connectivity index (χ4v) is 1.35. The maximum Gasteiger partial charge on any atom is 0.314 e. The van der Waals surface area contributed by atoms with Crippen LogP contribution in [-0.2, 0) is 23.9 Å². The van der Waals surface area contributed by atoms with Crippen molar-refractivity contribution >= 4 is 17.9 Å². The van der Waals surface area contributed by atoms with E-state index in [2.05, 4.69) is 4.74 Å². The van der Waals surface area contributed by atoms with E-state index >= 15 is 0 Å². The quantitative estimate of drug-likeness (QED) is 0.477. The molecule has 0 radical (unpaired) electrons. The highest BCUT2D eigenvalue weighted by Crippen LogP contribution is 2.32. The molecule has 1 aliphatic rings. The fourth-order valence-electron chi connectivity index (χ4n) is 1.35. The van der Waals surface area contributed by atoms with Crippen molar-refractivity contribution in [3.8, 4) is 0 Å². The average Bonchev–Trinajstić information content (AvgIpc) is 2.01. The van der Waals surface area contributed by atoms with Gasteiger partial charge in [0.1, 0.15) is 0 Å². The van der Waals surface area contributed by atoms with E-state index in [4.69, 9.17) is 4.74 Å². The maximum absolute atomic E-state index is 11.4. The molecule has 1 rings (SSSR count). The van der Waals surface area contributed by atoms with Crippen LogP contribution in [0.4, 0.5) is 0 Å². The van der Waals surface area contributed by atoms with Gasteiger partial charge in [-0.2, -0.15) is 0 Å². The Hall–Kier alpha value is -1.39. The Labute approximate surface area is 81.4 Å². The third-order valence-electron chi connectivity index (χ3n) is 2.06. The zero-order valence-electron chi connectivity index (χ0n) is 8.16. The molecule has 0 bridgehead atoms. The number of carbonyl (C=O) groups is 3. The molecule has 0 spiro atoms. The van der Waals surface area contributed by atoms with Crippen LogP contribution in [0.1, 0.15) is 26.7 Å². The summed E-state index contributed by atoms with van der Waals surface area (Å²) >= 11 is 0. The lowest BCUT2D eigenvalue weighted by molar-refractivity contribution is -0.177. The minimum Gasteiger partial charge on any atom is -0.466 e. The third kappa shape index (κ3) is 2.10. The molecule has 0 aromatic carbocycles. The Morgan fingerprint density at radius 1 is 1.43 bits per heavy atom. The molecule has 0 N–H and O–H groups in total. The first-order valence-corrected chi connectivity index (χ1v) is 4.38. The summed E-state index contributed by atoms with van der Waals surface area (Å²) in [7, 11) is 0. The van der Waals surface area contributed by atoms with Gasteiger partial charge in [-0.05, 0) is 13.8 Å². The van der Waals surface area contributed by atoms with Crippen molar-refractivity contribution in [2.45, 2.75) is 26.7 Å². The molecule has 0 aromatic heterocycles. The van der Waals surface area contributed by atoms with Gasteiger partial charge in [0.15, 0.2) is 0 Å². The van der Waals surface area contributed by atoms with Gasteiger partial charge in [-0.1, -0.05) is 0 Å². The molecule has 0 saturated carbocycles. The highest BCUT2D eigenvalue weighted by molar-refractivity contribution is 5.95. The summed E-state index contributed by atoms with van der Waals surface area (Å²) in [5, 5.41) is 0. The lowest BCUT2D eigenvalue weighted by Gasteiger charge is -2.28. The molecule has 1 fully saturated rings. The number of rotatable bonds is 2. The van der Waals surface area contributed by atoms with Crippen LogP contribution in [-0.4, -0.2) is 24.5 Å². The van der Waals surface area contributed by atoms with Crippen molar-refractivity contribution in [1.82, 2.24) is 0 Å². The molecule has 0 atom stereocenters. The number of carbonyl (C=O) groups excluding carboxylic acids is 3. The topological polar surface area (TPSA) is 69.7 Å². The normalized spacial score (nSPS) is 20.1. The van der Waals surface area contributed by atoms with Crippen LogP contribution in [0.5, 0.6) is 0 Å². The van der Waals surface area contributed by atoms with Crippen molar-refractivity contribution in [3.63, 3.8) is 0 Å². The second-order valence-corrected chi connectivity index (χ2v) is 3.48. The van der Waals surface area contributed by atoms with E-state index in [9.17, 15) is 14.4 Å². The third-order valence-corrected chi connectivity index (χ3v) is 2.06. The first kappa shape index (κ1) is 10.7. The molecule has 1 aliphatic heterocycles. The highest BCUT2D eigenvalue weighted by Gasteiger charge is 2.44. The first-order valence-electron chi connectivity index (χ1n) is 4.38. The minimum absolute atomic E-state index is 0.0996. The van der Waals surface area contributed by atoms with E-state index in [0.717, 1.165) is 0 Å². The second kappa shape index (κ2) is 3.77. The summed E-state index contributed by atoms with van der Waals surface area (Å²) in [6, 6.07) is 0. The predicted octanol–water partition coefficient (Wildman–Crippen LogP) is 0.419. The molecule has 5 heteroatoms. The second-order valence-electron chi connectivity index (χ2n) is 3.48. The van der Waals surface area contributed by atoms with Crippen molar-refractivity contribution < 1.29 is 23.9 Å². The number of hydrogen-bond acceptors (Lipinski definition) is 5. The van der Waals surface area contributed by atoms with Gasteiger partial charge in [-0.3, -0.25) is 14.4 Å². The molecule has 78 valence electrons. The van der Waals surface area contributed by atoms with E-state index in [1.807, 2.05) is 0 Å². The van der Waals surface area contributed by atoms with Gasteiger partial charge in [0, 0.05) is 0 Å². The molecule has 14 heavy (non-hydrogen) atoms. The van der Waals surface area contributed by atoms with Gasteiger partial charge in [0.05, 0.1) is 24.9 Å². The van der Waals surface area contributed by atoms with Crippen molar-refractivity contribution in [3.05, 3.63) is 0 Å². The van der Waals surface area contributed by atoms with Crippen molar-refractivity contribution in [2.75, 3.05) is 6.61 Å². The Morgan fingerprint density at radius 2 is 1.93 bits per heavy atom. The average molecular weight is 200 g/mol. The highest BCUT2D eigenvalue weighted by atomic mass is 16.6. The summed E-state index contributed by atoms with van der Waals surface area (Å²) in [6.45, 7) is 3.44. The lowest BCUT2D eigenvalue weighted by Crippen LogP contribution is -2.40. The molecular formula is C9H12O5. The zero-order chi connectivity index (χ0) is 10.8. The Kier molecular flexibility index (Phi) is 2.88. The van der Waals surface area contributed by atoms with E-state index < -0.39 is 23.3 Å². The number of esters is 3. The van der Waals surface area contributed by atoms with E-state index in [1.165, 1.54) is 6.92 Å². The van der Waals surface area contributed by atoms with Crippen LogP contribution in [0.3, 0.4) is 0 Å². The smallest absolute Gasteiger partial charge is 0.314 e. The van der Waals surface area contributed by atoms with E-state index in [0.29, 0.717) is 0 Å². The maximum atomic E-state index is 11.4. The van der Waals surface area contributed by atoms with Crippen LogP contribution in [0, 0.1) is 5.41 Å². The molecule has 0 amide bonds. The molecular weight excluding hydrogens is 188 g/mol. The van der Waals surface area contributed by atoms with Gasteiger partial charge in [0.2, 0.25) is 0 Å². The van der Waals surface area contributed by atoms with Crippen LogP contribution in [0.15, 0.2) is 0 Å². The van der Waals surface area contributed by atoms with Gasteiger partial charge in [-0.25, -0.2) is 0 Å². The largest absolute Gasteiger partial charge is 0.466 e. The van der Waals surface area contributed by atoms with Crippen LogP contribution in [0.25, 0.3) is 0 Å². The van der Waals surface area contributed by atoms with Crippen LogP contribution in [0.2, 0.25) is 0 Å². The van der Waals surface area contributed by atoms with E-state index in [-0.39, 0.29) is 19.4 Å². The number of cyclic esters (lactones) is 2. The molecule has 0 aliphatic carbocycles. The summed E-state index contributed by atoms with van der Waals surface area (Å²) in [4.78, 5) is 33.3. The van der Waals surface area contributed by atoms with Gasteiger partial charge < -0.3 is 9.47 Å². The first-order chi connectivity index (χ1) is 6.48. The van der Waals surface area contributed by atoms with E-state index in [1.54, 1.807) is 6.92 Å². The van der Waals surface area contributed by atoms with Gasteiger partial charge in [-0.15, -0.1) is 0 Å². The number of hydrogen-bond donors (Lipinski definition) is 0. The van der Waals surface area contributed by atoms with Crippen LogP contribution >= 0.6 is 0 Å². The lowest BCUT2D eigenvalue weighted by atomic mass is 9.82. The fraction of sp³-hybridized carbons (Fsp3) is 0.667. The Bertz CT molecular complexity index is 265. The monoisotopic (exact) mass is 200 g/mol. The van der Waals surface area contributed by atoms with Gasteiger partial charge >= 0.3 is 17.9 Å². The summed E-state index contributed by atoms with van der Waals surface area (Å²) in [5.41, 5.74) is -1.05. The summed E-state index contributed by atoms with van der Waals surface area (Å²) in [6.07, 6.45) is -0.199. The zero-order valence-corrected chi connectivity index (χ0v) is 8.16. The van der Waals surface area contributed by atoms with Crippen molar-refractivity contribution in [2.24, 2.45) is 5.41 Å².